The number of halogens is 1. The quantitative estimate of drug-likeness (QED) is 0.788. The van der Waals surface area contributed by atoms with Crippen molar-refractivity contribution in [3.63, 3.8) is 0 Å². The third kappa shape index (κ3) is 2.71. The van der Waals surface area contributed by atoms with Crippen molar-refractivity contribution >= 4 is 23.5 Å². The number of nitrogens with zero attached hydrogens (tertiary/aromatic N) is 3. The molecule has 5 nitrogen and oxygen atoms in total. The maximum atomic E-state index is 12.5. The Balaban J connectivity index is 2.01. The van der Waals surface area contributed by atoms with Crippen LogP contribution < -0.4 is 5.73 Å². The number of rotatable bonds is 2. The smallest absolute Gasteiger partial charge is 0.281 e. The average molecular weight is 313 g/mol. The van der Waals surface area contributed by atoms with Crippen molar-refractivity contribution in [3.05, 3.63) is 64.7 Å². The summed E-state index contributed by atoms with van der Waals surface area (Å²) >= 11 is 5.91. The number of nitrogens with two attached hydrogens (primary N) is 1. The standard InChI is InChI=1S/C16H13ClN4O/c1-10-4-2-5-11(8-10)14-19-16(18)21(20-14)15(22)12-6-3-7-13(17)9-12/h2-9H,1H3,(H2,18,19,20). The molecular weight excluding hydrogens is 300 g/mol. The number of nitrogen functional groups attached to an aromatic ring is 1. The van der Waals surface area contributed by atoms with Crippen molar-refractivity contribution in [1.29, 1.82) is 0 Å². The summed E-state index contributed by atoms with van der Waals surface area (Å²) in [7, 11) is 0. The average Bonchev–Trinajstić information content (AvgIpc) is 2.88. The van der Waals surface area contributed by atoms with Crippen LogP contribution in [0.2, 0.25) is 5.02 Å². The molecule has 2 aromatic carbocycles. The second-order valence-corrected chi connectivity index (χ2v) is 5.33. The molecule has 0 aliphatic rings. The Kier molecular flexibility index (Phi) is 3.65. The highest BCUT2D eigenvalue weighted by Gasteiger charge is 2.17. The first-order valence-corrected chi connectivity index (χ1v) is 7.02. The molecule has 1 aromatic heterocycles. The number of carbonyl (C=O) groups is 1. The summed E-state index contributed by atoms with van der Waals surface area (Å²) in [5.74, 6) is 0.0875. The van der Waals surface area contributed by atoms with Crippen molar-refractivity contribution in [3.8, 4) is 11.4 Å². The molecule has 1 heterocycles. The van der Waals surface area contributed by atoms with E-state index in [1.165, 1.54) is 0 Å². The lowest BCUT2D eigenvalue weighted by molar-refractivity contribution is 0.0948. The SMILES string of the molecule is Cc1cccc(-c2nc(N)n(C(=O)c3cccc(Cl)c3)n2)c1. The third-order valence-corrected chi connectivity index (χ3v) is 3.41. The molecule has 0 aliphatic carbocycles. The fourth-order valence-electron chi connectivity index (χ4n) is 2.12. The lowest BCUT2D eigenvalue weighted by Crippen LogP contribution is -2.16. The van der Waals surface area contributed by atoms with E-state index in [4.69, 9.17) is 17.3 Å². The van der Waals surface area contributed by atoms with Gasteiger partial charge in [0.15, 0.2) is 5.82 Å². The Hall–Kier alpha value is -2.66. The number of aryl methyl sites for hydroxylation is 1. The van der Waals surface area contributed by atoms with Gasteiger partial charge >= 0.3 is 0 Å². The van der Waals surface area contributed by atoms with Crippen LogP contribution in [-0.2, 0) is 0 Å². The van der Waals surface area contributed by atoms with Crippen LogP contribution in [0.1, 0.15) is 15.9 Å². The third-order valence-electron chi connectivity index (χ3n) is 3.17. The molecule has 0 saturated carbocycles. The Morgan fingerprint density at radius 3 is 2.68 bits per heavy atom. The fraction of sp³-hybridized carbons (Fsp3) is 0.0625. The maximum Gasteiger partial charge on any atom is 0.281 e. The van der Waals surface area contributed by atoms with Gasteiger partial charge in [-0.1, -0.05) is 41.4 Å². The first kappa shape index (κ1) is 14.3. The van der Waals surface area contributed by atoms with Gasteiger partial charge in [-0.2, -0.15) is 9.67 Å². The lowest BCUT2D eigenvalue weighted by atomic mass is 10.1. The first-order chi connectivity index (χ1) is 10.5. The number of hydrogen-bond acceptors (Lipinski definition) is 4. The van der Waals surface area contributed by atoms with Crippen LogP contribution in [0, 0.1) is 6.92 Å². The van der Waals surface area contributed by atoms with E-state index in [0.717, 1.165) is 15.8 Å². The van der Waals surface area contributed by atoms with Crippen LogP contribution in [-0.4, -0.2) is 20.7 Å². The van der Waals surface area contributed by atoms with Gasteiger partial charge in [0.05, 0.1) is 0 Å². The molecule has 0 radical (unpaired) electrons. The first-order valence-electron chi connectivity index (χ1n) is 6.64. The topological polar surface area (TPSA) is 73.8 Å². The molecule has 2 N–H and O–H groups in total. The van der Waals surface area contributed by atoms with Gasteiger partial charge in [0, 0.05) is 16.1 Å². The second-order valence-electron chi connectivity index (χ2n) is 4.89. The minimum atomic E-state index is -0.369. The molecule has 0 saturated heterocycles. The molecule has 0 atom stereocenters. The largest absolute Gasteiger partial charge is 0.368 e. The van der Waals surface area contributed by atoms with Crippen molar-refractivity contribution < 1.29 is 4.79 Å². The zero-order chi connectivity index (χ0) is 15.7. The van der Waals surface area contributed by atoms with Crippen LogP contribution in [0.3, 0.4) is 0 Å². The summed E-state index contributed by atoms with van der Waals surface area (Å²) in [6, 6.07) is 14.3. The molecule has 3 aromatic rings. The molecule has 0 unspecified atom stereocenters. The molecule has 0 bridgehead atoms. The maximum absolute atomic E-state index is 12.5. The summed E-state index contributed by atoms with van der Waals surface area (Å²) in [6.45, 7) is 1.97. The van der Waals surface area contributed by atoms with E-state index in [-0.39, 0.29) is 11.9 Å². The highest BCUT2D eigenvalue weighted by atomic mass is 35.5. The minimum absolute atomic E-state index is 0.0430. The van der Waals surface area contributed by atoms with E-state index in [0.29, 0.717) is 16.4 Å². The van der Waals surface area contributed by atoms with Crippen molar-refractivity contribution in [1.82, 2.24) is 14.8 Å². The second kappa shape index (κ2) is 5.61. The summed E-state index contributed by atoms with van der Waals surface area (Å²) in [4.78, 5) is 16.6. The van der Waals surface area contributed by atoms with Gasteiger partial charge in [-0.3, -0.25) is 4.79 Å². The van der Waals surface area contributed by atoms with Gasteiger partial charge in [0.25, 0.3) is 5.91 Å². The van der Waals surface area contributed by atoms with Crippen molar-refractivity contribution in [2.75, 3.05) is 5.73 Å². The molecule has 0 fully saturated rings. The van der Waals surface area contributed by atoms with E-state index in [1.807, 2.05) is 31.2 Å². The van der Waals surface area contributed by atoms with Crippen molar-refractivity contribution in [2.45, 2.75) is 6.92 Å². The highest BCUT2D eigenvalue weighted by Crippen LogP contribution is 2.19. The van der Waals surface area contributed by atoms with E-state index in [1.54, 1.807) is 24.3 Å². The van der Waals surface area contributed by atoms with Gasteiger partial charge in [-0.05, 0) is 31.2 Å². The fourth-order valence-corrected chi connectivity index (χ4v) is 2.31. The van der Waals surface area contributed by atoms with Gasteiger partial charge < -0.3 is 5.73 Å². The van der Waals surface area contributed by atoms with Gasteiger partial charge in [0.1, 0.15) is 0 Å². The zero-order valence-electron chi connectivity index (χ0n) is 11.8. The number of aromatic nitrogens is 3. The Bertz CT molecular complexity index is 857. The molecule has 6 heteroatoms. The molecule has 0 aliphatic heterocycles. The van der Waals surface area contributed by atoms with Crippen LogP contribution in [0.15, 0.2) is 48.5 Å². The molecular formula is C16H13ClN4O. The summed E-state index contributed by atoms with van der Waals surface area (Å²) in [5.41, 5.74) is 8.12. The zero-order valence-corrected chi connectivity index (χ0v) is 12.6. The molecule has 0 amide bonds. The highest BCUT2D eigenvalue weighted by molar-refractivity contribution is 6.31. The monoisotopic (exact) mass is 312 g/mol. The molecule has 22 heavy (non-hydrogen) atoms. The predicted molar refractivity (Wildman–Crippen MR) is 85.8 cm³/mol. The summed E-state index contributed by atoms with van der Waals surface area (Å²) in [5, 5.41) is 4.69. The Morgan fingerprint density at radius 1 is 1.18 bits per heavy atom. The number of anilines is 1. The van der Waals surface area contributed by atoms with Crippen molar-refractivity contribution in [2.24, 2.45) is 0 Å². The van der Waals surface area contributed by atoms with E-state index >= 15 is 0 Å². The number of hydrogen-bond donors (Lipinski definition) is 1. The van der Waals surface area contributed by atoms with Crippen LogP contribution in [0.4, 0.5) is 5.95 Å². The Labute approximate surface area is 132 Å². The van der Waals surface area contributed by atoms with E-state index in [9.17, 15) is 4.79 Å². The summed E-state index contributed by atoms with van der Waals surface area (Å²) < 4.78 is 1.09. The molecule has 0 spiro atoms. The molecule has 110 valence electrons. The van der Waals surface area contributed by atoms with E-state index < -0.39 is 0 Å². The number of benzene rings is 2. The van der Waals surface area contributed by atoms with Gasteiger partial charge in [-0.25, -0.2) is 0 Å². The van der Waals surface area contributed by atoms with Crippen LogP contribution in [0.25, 0.3) is 11.4 Å². The normalized spacial score (nSPS) is 10.6. The predicted octanol–water partition coefficient (Wildman–Crippen LogP) is 3.18. The minimum Gasteiger partial charge on any atom is -0.368 e. The number of carbonyl (C=O) groups excluding carboxylic acids is 1. The summed E-state index contributed by atoms with van der Waals surface area (Å²) in [6.07, 6.45) is 0. The Morgan fingerprint density at radius 2 is 1.95 bits per heavy atom. The lowest BCUT2D eigenvalue weighted by Gasteiger charge is -2.01. The van der Waals surface area contributed by atoms with Gasteiger partial charge in [-0.15, -0.1) is 5.10 Å². The van der Waals surface area contributed by atoms with Gasteiger partial charge in [0.2, 0.25) is 5.95 Å². The van der Waals surface area contributed by atoms with Crippen LogP contribution >= 0.6 is 11.6 Å². The van der Waals surface area contributed by atoms with Crippen LogP contribution in [0.5, 0.6) is 0 Å². The van der Waals surface area contributed by atoms with E-state index in [2.05, 4.69) is 10.1 Å². The molecule has 3 rings (SSSR count).